The van der Waals surface area contributed by atoms with Crippen LogP contribution >= 0.6 is 0 Å². The van der Waals surface area contributed by atoms with Crippen LogP contribution in [-0.4, -0.2) is 9.55 Å². The number of hydrogen-bond donors (Lipinski definition) is 2. The molecule has 3 rings (SSSR count). The monoisotopic (exact) mass is 304 g/mol. The zero-order valence-corrected chi connectivity index (χ0v) is 12.5. The van der Waals surface area contributed by atoms with Gasteiger partial charge in [0.2, 0.25) is 0 Å². The Morgan fingerprint density at radius 3 is 2.45 bits per heavy atom. The molecular formula is C16H18F2N4. The molecule has 22 heavy (non-hydrogen) atoms. The standard InChI is InChI=1S/C16H18F2N4/c1-8(9(2)20)11(7-19)16-21-14-5-12(17)13(18)6-15(14)22(16)10-3-4-10/h5-7,10H,3-4,19-20H2,1-2H3/b9-8-,11-7+. The van der Waals surface area contributed by atoms with Gasteiger partial charge in [0.1, 0.15) is 5.82 Å². The number of allylic oxidation sites excluding steroid dienone is 3. The maximum absolute atomic E-state index is 13.6. The summed E-state index contributed by atoms with van der Waals surface area (Å²) in [5, 5.41) is 0. The fraction of sp³-hybridized carbons (Fsp3) is 0.312. The molecule has 4 N–H and O–H groups in total. The first-order valence-corrected chi connectivity index (χ1v) is 7.16. The second kappa shape index (κ2) is 5.12. The minimum Gasteiger partial charge on any atom is -0.404 e. The summed E-state index contributed by atoms with van der Waals surface area (Å²) in [5.41, 5.74) is 14.7. The predicted molar refractivity (Wildman–Crippen MR) is 82.6 cm³/mol. The van der Waals surface area contributed by atoms with Crippen molar-refractivity contribution in [3.63, 3.8) is 0 Å². The van der Waals surface area contributed by atoms with Crippen molar-refractivity contribution in [2.45, 2.75) is 32.7 Å². The van der Waals surface area contributed by atoms with Gasteiger partial charge in [-0.05, 0) is 32.3 Å². The molecule has 4 nitrogen and oxygen atoms in total. The lowest BCUT2D eigenvalue weighted by atomic mass is 10.1. The fourth-order valence-electron chi connectivity index (χ4n) is 2.56. The van der Waals surface area contributed by atoms with Gasteiger partial charge in [-0.1, -0.05) is 0 Å². The van der Waals surface area contributed by atoms with E-state index in [0.717, 1.165) is 24.5 Å². The third-order valence-electron chi connectivity index (χ3n) is 4.05. The summed E-state index contributed by atoms with van der Waals surface area (Å²) in [4.78, 5) is 4.47. The lowest BCUT2D eigenvalue weighted by Crippen LogP contribution is -2.06. The second-order valence-electron chi connectivity index (χ2n) is 5.68. The number of aromatic nitrogens is 2. The molecule has 1 aromatic carbocycles. The third-order valence-corrected chi connectivity index (χ3v) is 4.05. The summed E-state index contributed by atoms with van der Waals surface area (Å²) >= 11 is 0. The molecule has 1 heterocycles. The molecule has 0 unspecified atom stereocenters. The number of hydrogen-bond acceptors (Lipinski definition) is 3. The van der Waals surface area contributed by atoms with Gasteiger partial charge >= 0.3 is 0 Å². The van der Waals surface area contributed by atoms with Gasteiger partial charge in [0.05, 0.1) is 11.0 Å². The van der Waals surface area contributed by atoms with Crippen LogP contribution < -0.4 is 11.5 Å². The zero-order valence-electron chi connectivity index (χ0n) is 12.5. The number of nitrogens with zero attached hydrogens (tertiary/aromatic N) is 2. The number of rotatable bonds is 3. The molecule has 6 heteroatoms. The van der Waals surface area contributed by atoms with Crippen molar-refractivity contribution in [2.75, 3.05) is 0 Å². The van der Waals surface area contributed by atoms with Crippen molar-refractivity contribution in [1.82, 2.24) is 9.55 Å². The van der Waals surface area contributed by atoms with Crippen LogP contribution in [0.4, 0.5) is 8.78 Å². The molecule has 1 aliphatic carbocycles. The summed E-state index contributed by atoms with van der Waals surface area (Å²) in [7, 11) is 0. The predicted octanol–water partition coefficient (Wildman–Crippen LogP) is 3.20. The van der Waals surface area contributed by atoms with Crippen molar-refractivity contribution in [3.05, 3.63) is 47.1 Å². The van der Waals surface area contributed by atoms with Crippen LogP contribution in [0.5, 0.6) is 0 Å². The van der Waals surface area contributed by atoms with Gasteiger partial charge in [-0.15, -0.1) is 0 Å². The van der Waals surface area contributed by atoms with Crippen LogP contribution in [0.25, 0.3) is 16.6 Å². The van der Waals surface area contributed by atoms with E-state index in [9.17, 15) is 8.78 Å². The van der Waals surface area contributed by atoms with Crippen LogP contribution in [0.15, 0.2) is 29.6 Å². The number of benzene rings is 1. The Morgan fingerprint density at radius 1 is 1.27 bits per heavy atom. The average molecular weight is 304 g/mol. The van der Waals surface area contributed by atoms with Gasteiger partial charge in [0.15, 0.2) is 11.6 Å². The quantitative estimate of drug-likeness (QED) is 0.855. The van der Waals surface area contributed by atoms with Crippen LogP contribution in [-0.2, 0) is 0 Å². The molecule has 1 aliphatic rings. The van der Waals surface area contributed by atoms with Crippen LogP contribution in [0.3, 0.4) is 0 Å². The highest BCUT2D eigenvalue weighted by atomic mass is 19.2. The summed E-state index contributed by atoms with van der Waals surface area (Å²) in [6.07, 6.45) is 3.41. The van der Waals surface area contributed by atoms with Gasteiger partial charge < -0.3 is 16.0 Å². The molecule has 2 aromatic rings. The van der Waals surface area contributed by atoms with Crippen molar-refractivity contribution in [2.24, 2.45) is 11.5 Å². The number of nitrogens with two attached hydrogens (primary N) is 2. The Labute approximate surface area is 127 Å². The van der Waals surface area contributed by atoms with E-state index in [1.54, 1.807) is 6.92 Å². The molecule has 1 fully saturated rings. The maximum atomic E-state index is 13.6. The van der Waals surface area contributed by atoms with E-state index < -0.39 is 11.6 Å². The van der Waals surface area contributed by atoms with E-state index in [-0.39, 0.29) is 6.04 Å². The molecule has 0 amide bonds. The first kappa shape index (κ1) is 14.6. The van der Waals surface area contributed by atoms with E-state index in [0.29, 0.717) is 28.1 Å². The van der Waals surface area contributed by atoms with Crippen LogP contribution in [0.1, 0.15) is 38.6 Å². The molecule has 0 spiro atoms. The van der Waals surface area contributed by atoms with Gasteiger partial charge in [-0.25, -0.2) is 13.8 Å². The number of halogens is 2. The fourth-order valence-corrected chi connectivity index (χ4v) is 2.56. The summed E-state index contributed by atoms with van der Waals surface area (Å²) < 4.78 is 29.0. The zero-order chi connectivity index (χ0) is 16.0. The van der Waals surface area contributed by atoms with Crippen LogP contribution in [0.2, 0.25) is 0 Å². The van der Waals surface area contributed by atoms with Gasteiger partial charge in [-0.3, -0.25) is 0 Å². The summed E-state index contributed by atoms with van der Waals surface area (Å²) in [5.74, 6) is -1.17. The highest BCUT2D eigenvalue weighted by Gasteiger charge is 2.30. The van der Waals surface area contributed by atoms with Crippen molar-refractivity contribution < 1.29 is 8.78 Å². The lowest BCUT2D eigenvalue weighted by Gasteiger charge is -2.12. The smallest absolute Gasteiger partial charge is 0.161 e. The van der Waals surface area contributed by atoms with Crippen LogP contribution in [0, 0.1) is 11.6 Å². The molecule has 116 valence electrons. The maximum Gasteiger partial charge on any atom is 0.161 e. The minimum absolute atomic E-state index is 0.241. The Morgan fingerprint density at radius 2 is 1.91 bits per heavy atom. The minimum atomic E-state index is -0.903. The molecule has 1 saturated carbocycles. The SMILES string of the molecule is C/C(N)=C(C)/C(=C\N)c1nc2cc(F)c(F)cc2n1C1CC1. The molecule has 0 radical (unpaired) electrons. The largest absolute Gasteiger partial charge is 0.404 e. The molecule has 0 aliphatic heterocycles. The Balaban J connectivity index is 2.30. The second-order valence-corrected chi connectivity index (χ2v) is 5.68. The first-order chi connectivity index (χ1) is 10.4. The number of imidazole rings is 1. The molecule has 1 aromatic heterocycles. The molecule has 0 atom stereocenters. The lowest BCUT2D eigenvalue weighted by molar-refractivity contribution is 0.510. The van der Waals surface area contributed by atoms with Gasteiger partial charge in [0.25, 0.3) is 0 Å². The molecule has 0 bridgehead atoms. The Hall–Kier alpha value is -2.37. The van der Waals surface area contributed by atoms with E-state index in [1.165, 1.54) is 12.3 Å². The summed E-state index contributed by atoms with van der Waals surface area (Å²) in [6, 6.07) is 2.56. The average Bonchev–Trinajstić information content (AvgIpc) is 3.24. The number of fused-ring (bicyclic) bond motifs is 1. The normalized spacial score (nSPS) is 17.0. The van der Waals surface area contributed by atoms with E-state index in [1.807, 2.05) is 11.5 Å². The van der Waals surface area contributed by atoms with Crippen molar-refractivity contribution in [1.29, 1.82) is 0 Å². The Kier molecular flexibility index (Phi) is 3.39. The highest BCUT2D eigenvalue weighted by molar-refractivity contribution is 5.84. The molecular weight excluding hydrogens is 286 g/mol. The topological polar surface area (TPSA) is 69.9 Å². The van der Waals surface area contributed by atoms with Crippen molar-refractivity contribution >= 4 is 16.6 Å². The first-order valence-electron chi connectivity index (χ1n) is 7.16. The third kappa shape index (κ3) is 2.24. The van der Waals surface area contributed by atoms with E-state index in [4.69, 9.17) is 11.5 Å². The summed E-state index contributed by atoms with van der Waals surface area (Å²) in [6.45, 7) is 3.63. The highest BCUT2D eigenvalue weighted by Crippen LogP contribution is 2.41. The van der Waals surface area contributed by atoms with E-state index >= 15 is 0 Å². The molecule has 0 saturated heterocycles. The van der Waals surface area contributed by atoms with Gasteiger partial charge in [-0.2, -0.15) is 0 Å². The Bertz CT molecular complexity index is 809. The van der Waals surface area contributed by atoms with Gasteiger partial charge in [0, 0.05) is 35.6 Å². The van der Waals surface area contributed by atoms with Crippen molar-refractivity contribution in [3.8, 4) is 0 Å². The van der Waals surface area contributed by atoms with E-state index in [2.05, 4.69) is 4.98 Å².